The molecule has 4 nitrogen and oxygen atoms in total. The Morgan fingerprint density at radius 2 is 2.37 bits per heavy atom. The fraction of sp³-hybridized carbons (Fsp3) is 0.714. The maximum Gasteiger partial charge on any atom is 0.243 e. The van der Waals surface area contributed by atoms with Gasteiger partial charge in [0.15, 0.2) is 5.13 Å². The summed E-state index contributed by atoms with van der Waals surface area (Å²) >= 11 is 1.58. The van der Waals surface area contributed by atoms with Crippen LogP contribution < -0.4 is 10.6 Å². The first kappa shape index (κ1) is 13.1. The van der Waals surface area contributed by atoms with Crippen LogP contribution in [0.5, 0.6) is 0 Å². The Bertz CT molecular complexity index is 485. The molecule has 5 heteroatoms. The number of carbonyl (C=O) groups excluding carboxylic acids is 1. The Morgan fingerprint density at radius 1 is 1.53 bits per heavy atom. The van der Waals surface area contributed by atoms with E-state index in [0.29, 0.717) is 11.8 Å². The molecular weight excluding hydrogens is 258 g/mol. The van der Waals surface area contributed by atoms with Crippen LogP contribution in [0.2, 0.25) is 0 Å². The number of carbonyl (C=O) groups is 1. The second kappa shape index (κ2) is 5.21. The Kier molecular flexibility index (Phi) is 3.58. The number of anilines is 1. The van der Waals surface area contributed by atoms with Crippen LogP contribution in [0.1, 0.15) is 36.8 Å². The van der Waals surface area contributed by atoms with Crippen molar-refractivity contribution in [3.8, 4) is 0 Å². The zero-order valence-electron chi connectivity index (χ0n) is 11.5. The van der Waals surface area contributed by atoms with Crippen LogP contribution in [0.4, 0.5) is 5.13 Å². The predicted octanol–water partition coefficient (Wildman–Crippen LogP) is 2.34. The molecule has 1 aromatic rings. The summed E-state index contributed by atoms with van der Waals surface area (Å²) < 4.78 is 0. The molecule has 1 aliphatic heterocycles. The molecule has 0 spiro atoms. The summed E-state index contributed by atoms with van der Waals surface area (Å²) in [5.41, 5.74) is 1.10. The number of hydrogen-bond acceptors (Lipinski definition) is 4. The van der Waals surface area contributed by atoms with Gasteiger partial charge in [-0.2, -0.15) is 0 Å². The first-order valence-electron chi connectivity index (χ1n) is 7.19. The van der Waals surface area contributed by atoms with Gasteiger partial charge in [0.25, 0.3) is 0 Å². The van der Waals surface area contributed by atoms with E-state index in [4.69, 9.17) is 0 Å². The van der Waals surface area contributed by atoms with E-state index in [1.54, 1.807) is 11.3 Å². The second-order valence-electron chi connectivity index (χ2n) is 5.61. The summed E-state index contributed by atoms with van der Waals surface area (Å²) in [6.07, 6.45) is 4.66. The Labute approximate surface area is 118 Å². The van der Waals surface area contributed by atoms with E-state index in [0.717, 1.165) is 23.8 Å². The monoisotopic (exact) mass is 279 g/mol. The zero-order valence-corrected chi connectivity index (χ0v) is 12.3. The summed E-state index contributed by atoms with van der Waals surface area (Å²) in [7, 11) is 0. The van der Waals surface area contributed by atoms with Crippen LogP contribution in [-0.4, -0.2) is 23.5 Å². The molecule has 2 N–H and O–H groups in total. The van der Waals surface area contributed by atoms with Gasteiger partial charge in [0, 0.05) is 4.88 Å². The summed E-state index contributed by atoms with van der Waals surface area (Å²) in [6.45, 7) is 5.15. The fourth-order valence-corrected chi connectivity index (χ4v) is 4.37. The number of hydrogen-bond donors (Lipinski definition) is 2. The summed E-state index contributed by atoms with van der Waals surface area (Å²) in [5.74, 6) is 1.34. The molecule has 2 heterocycles. The molecule has 3 rings (SSSR count). The largest absolute Gasteiger partial charge is 0.305 e. The van der Waals surface area contributed by atoms with Crippen molar-refractivity contribution in [1.29, 1.82) is 0 Å². The van der Waals surface area contributed by atoms with Crippen molar-refractivity contribution < 1.29 is 4.79 Å². The molecule has 0 bridgehead atoms. The van der Waals surface area contributed by atoms with Gasteiger partial charge in [0.1, 0.15) is 0 Å². The molecule has 1 aromatic heterocycles. The van der Waals surface area contributed by atoms with Crippen molar-refractivity contribution in [3.05, 3.63) is 10.6 Å². The standard InChI is InChI=1S/C14H21N3OS/c1-3-11-8(2)19-14(16-11)17-13(18)12-10-6-4-5-9(10)7-15-12/h9-10,12,15H,3-7H2,1-2H3,(H,16,17,18). The lowest BCUT2D eigenvalue weighted by Gasteiger charge is -2.16. The van der Waals surface area contributed by atoms with E-state index in [2.05, 4.69) is 29.5 Å². The molecule has 2 aliphatic rings. The van der Waals surface area contributed by atoms with Gasteiger partial charge < -0.3 is 10.6 Å². The Hall–Kier alpha value is -0.940. The van der Waals surface area contributed by atoms with E-state index < -0.39 is 0 Å². The first-order chi connectivity index (χ1) is 9.19. The van der Waals surface area contributed by atoms with E-state index in [-0.39, 0.29) is 11.9 Å². The normalized spacial score (nSPS) is 29.5. The second-order valence-corrected chi connectivity index (χ2v) is 6.81. The summed E-state index contributed by atoms with van der Waals surface area (Å²) in [5, 5.41) is 7.13. The lowest BCUT2D eigenvalue weighted by Crippen LogP contribution is -2.39. The van der Waals surface area contributed by atoms with Crippen LogP contribution in [0, 0.1) is 18.8 Å². The summed E-state index contributed by atoms with van der Waals surface area (Å²) in [6, 6.07) is -0.0122. The van der Waals surface area contributed by atoms with Crippen molar-refractivity contribution in [2.24, 2.45) is 11.8 Å². The molecule has 19 heavy (non-hydrogen) atoms. The van der Waals surface area contributed by atoms with Crippen LogP contribution in [0.15, 0.2) is 0 Å². The third-order valence-corrected chi connectivity index (χ3v) is 5.41. The number of aromatic nitrogens is 1. The lowest BCUT2D eigenvalue weighted by molar-refractivity contribution is -0.118. The molecule has 1 saturated heterocycles. The van der Waals surface area contributed by atoms with Crippen molar-refractivity contribution in [3.63, 3.8) is 0 Å². The van der Waals surface area contributed by atoms with Crippen LogP contribution >= 0.6 is 11.3 Å². The number of amides is 1. The molecular formula is C14H21N3OS. The maximum absolute atomic E-state index is 12.4. The van der Waals surface area contributed by atoms with Gasteiger partial charge in [0.2, 0.25) is 5.91 Å². The number of aryl methyl sites for hydroxylation is 2. The lowest BCUT2D eigenvalue weighted by atomic mass is 9.94. The predicted molar refractivity (Wildman–Crippen MR) is 77.5 cm³/mol. The number of nitrogens with one attached hydrogen (secondary N) is 2. The molecule has 1 amide bonds. The van der Waals surface area contributed by atoms with Crippen LogP contribution in [-0.2, 0) is 11.2 Å². The van der Waals surface area contributed by atoms with Gasteiger partial charge in [-0.25, -0.2) is 4.98 Å². The number of nitrogens with zero attached hydrogens (tertiary/aromatic N) is 1. The average Bonchev–Trinajstić information content (AvgIpc) is 3.03. The highest BCUT2D eigenvalue weighted by Crippen LogP contribution is 2.38. The minimum Gasteiger partial charge on any atom is -0.305 e. The third-order valence-electron chi connectivity index (χ3n) is 4.49. The van der Waals surface area contributed by atoms with Gasteiger partial charge in [-0.05, 0) is 44.6 Å². The Morgan fingerprint density at radius 3 is 3.11 bits per heavy atom. The third kappa shape index (κ3) is 2.41. The molecule has 2 fully saturated rings. The molecule has 1 saturated carbocycles. The molecule has 0 radical (unpaired) electrons. The van der Waals surface area contributed by atoms with Gasteiger partial charge in [-0.15, -0.1) is 11.3 Å². The SMILES string of the molecule is CCc1nc(NC(=O)C2NCC3CCCC32)sc1C. The van der Waals surface area contributed by atoms with E-state index in [1.165, 1.54) is 24.1 Å². The molecule has 1 aliphatic carbocycles. The van der Waals surface area contributed by atoms with Gasteiger partial charge >= 0.3 is 0 Å². The van der Waals surface area contributed by atoms with E-state index in [9.17, 15) is 4.79 Å². The molecule has 104 valence electrons. The molecule has 3 atom stereocenters. The number of rotatable bonds is 3. The summed E-state index contributed by atoms with van der Waals surface area (Å²) in [4.78, 5) is 18.0. The molecule has 3 unspecified atom stereocenters. The molecule has 0 aromatic carbocycles. The van der Waals surface area contributed by atoms with Crippen LogP contribution in [0.3, 0.4) is 0 Å². The zero-order chi connectivity index (χ0) is 13.4. The number of thiazole rings is 1. The smallest absolute Gasteiger partial charge is 0.243 e. The quantitative estimate of drug-likeness (QED) is 0.893. The minimum absolute atomic E-state index is 0.0122. The average molecular weight is 279 g/mol. The van der Waals surface area contributed by atoms with Crippen molar-refractivity contribution in [1.82, 2.24) is 10.3 Å². The van der Waals surface area contributed by atoms with Gasteiger partial charge in [-0.1, -0.05) is 13.3 Å². The van der Waals surface area contributed by atoms with Gasteiger partial charge in [-0.3, -0.25) is 4.79 Å². The van der Waals surface area contributed by atoms with Crippen molar-refractivity contribution in [2.45, 2.75) is 45.6 Å². The maximum atomic E-state index is 12.4. The van der Waals surface area contributed by atoms with Gasteiger partial charge in [0.05, 0.1) is 11.7 Å². The van der Waals surface area contributed by atoms with E-state index in [1.807, 2.05) is 0 Å². The van der Waals surface area contributed by atoms with E-state index >= 15 is 0 Å². The number of fused-ring (bicyclic) bond motifs is 1. The first-order valence-corrected chi connectivity index (χ1v) is 8.01. The fourth-order valence-electron chi connectivity index (χ4n) is 3.47. The highest BCUT2D eigenvalue weighted by molar-refractivity contribution is 7.15. The highest BCUT2D eigenvalue weighted by atomic mass is 32.1. The van der Waals surface area contributed by atoms with Crippen molar-refractivity contribution >= 4 is 22.4 Å². The minimum atomic E-state index is -0.0122. The highest BCUT2D eigenvalue weighted by Gasteiger charge is 2.42. The topological polar surface area (TPSA) is 54.0 Å². The van der Waals surface area contributed by atoms with Crippen molar-refractivity contribution in [2.75, 3.05) is 11.9 Å². The Balaban J connectivity index is 1.67. The van der Waals surface area contributed by atoms with Crippen LogP contribution in [0.25, 0.3) is 0 Å².